The first-order valence-corrected chi connectivity index (χ1v) is 6.31. The maximum absolute atomic E-state index is 8.70. The van der Waals surface area contributed by atoms with E-state index in [1.54, 1.807) is 12.3 Å². The molecular weight excluding hydrogens is 252 g/mol. The summed E-state index contributed by atoms with van der Waals surface area (Å²) in [4.78, 5) is 6.17. The van der Waals surface area contributed by atoms with Gasteiger partial charge in [-0.1, -0.05) is 29.4 Å². The van der Waals surface area contributed by atoms with Crippen LogP contribution in [0.15, 0.2) is 47.8 Å². The van der Waals surface area contributed by atoms with Crippen LogP contribution in [0.4, 0.5) is 5.69 Å². The number of aryl methyl sites for hydroxylation is 1. The van der Waals surface area contributed by atoms with Crippen molar-refractivity contribution in [1.29, 1.82) is 0 Å². The average Bonchev–Trinajstić information content (AvgIpc) is 2.49. The van der Waals surface area contributed by atoms with Gasteiger partial charge in [0.05, 0.1) is 0 Å². The lowest BCUT2D eigenvalue weighted by Gasteiger charge is -2.20. The Labute approximate surface area is 118 Å². The van der Waals surface area contributed by atoms with Crippen LogP contribution >= 0.6 is 0 Å². The maximum atomic E-state index is 8.70. The zero-order valence-electron chi connectivity index (χ0n) is 11.6. The van der Waals surface area contributed by atoms with Crippen LogP contribution in [0.5, 0.6) is 0 Å². The molecule has 1 heterocycles. The fraction of sp³-hybridized carbons (Fsp3) is 0.200. The minimum Gasteiger partial charge on any atom is -0.409 e. The molecule has 0 saturated heterocycles. The lowest BCUT2D eigenvalue weighted by molar-refractivity contribution is 0.318. The lowest BCUT2D eigenvalue weighted by Crippen LogP contribution is -2.19. The van der Waals surface area contributed by atoms with Gasteiger partial charge in [-0.05, 0) is 30.2 Å². The van der Waals surface area contributed by atoms with Crippen LogP contribution in [-0.4, -0.2) is 23.1 Å². The summed E-state index contributed by atoms with van der Waals surface area (Å²) in [5.74, 6) is 0.0103. The second-order valence-corrected chi connectivity index (χ2v) is 4.67. The van der Waals surface area contributed by atoms with Crippen LogP contribution in [0.25, 0.3) is 0 Å². The molecule has 0 bridgehead atoms. The van der Waals surface area contributed by atoms with Crippen LogP contribution < -0.4 is 10.6 Å². The number of hydrogen-bond acceptors (Lipinski definition) is 4. The highest BCUT2D eigenvalue weighted by molar-refractivity contribution is 5.95. The van der Waals surface area contributed by atoms with Crippen molar-refractivity contribution in [3.05, 3.63) is 59.4 Å². The number of benzene rings is 1. The van der Waals surface area contributed by atoms with E-state index in [1.165, 1.54) is 11.1 Å². The molecular formula is C15H18N4O. The molecule has 2 aromatic rings. The molecule has 0 spiro atoms. The molecule has 0 saturated carbocycles. The number of anilines is 1. The van der Waals surface area contributed by atoms with Crippen LogP contribution in [0.2, 0.25) is 0 Å². The summed E-state index contributed by atoms with van der Waals surface area (Å²) in [5, 5.41) is 11.7. The van der Waals surface area contributed by atoms with Crippen molar-refractivity contribution in [2.75, 3.05) is 11.9 Å². The van der Waals surface area contributed by atoms with Gasteiger partial charge in [0.1, 0.15) is 5.69 Å². The second-order valence-electron chi connectivity index (χ2n) is 4.67. The van der Waals surface area contributed by atoms with E-state index in [0.717, 1.165) is 12.2 Å². The molecule has 0 amide bonds. The first-order chi connectivity index (χ1) is 9.61. The SMILES string of the molecule is Cc1ccccc1CN(C)c1ccnc(C(N)=NO)c1. The van der Waals surface area contributed by atoms with Crippen molar-refractivity contribution in [2.45, 2.75) is 13.5 Å². The summed E-state index contributed by atoms with van der Waals surface area (Å²) >= 11 is 0. The predicted octanol–water partition coefficient (Wildman–Crippen LogP) is 2.12. The van der Waals surface area contributed by atoms with Gasteiger partial charge in [0, 0.05) is 25.5 Å². The van der Waals surface area contributed by atoms with E-state index in [0.29, 0.717) is 5.69 Å². The van der Waals surface area contributed by atoms with Crippen LogP contribution in [-0.2, 0) is 6.54 Å². The van der Waals surface area contributed by atoms with Gasteiger partial charge in [0.2, 0.25) is 0 Å². The molecule has 0 fully saturated rings. The number of hydrogen-bond donors (Lipinski definition) is 2. The molecule has 104 valence electrons. The summed E-state index contributed by atoms with van der Waals surface area (Å²) in [6.45, 7) is 2.88. The Morgan fingerprint density at radius 1 is 1.35 bits per heavy atom. The van der Waals surface area contributed by atoms with E-state index < -0.39 is 0 Å². The van der Waals surface area contributed by atoms with E-state index in [4.69, 9.17) is 10.9 Å². The minimum atomic E-state index is 0.0103. The van der Waals surface area contributed by atoms with Crippen molar-refractivity contribution in [1.82, 2.24) is 4.98 Å². The molecule has 0 aliphatic heterocycles. The standard InChI is InChI=1S/C15H18N4O/c1-11-5-3-4-6-12(11)10-19(2)13-7-8-17-14(9-13)15(16)18-20/h3-9,20H,10H2,1-2H3,(H2,16,18). The summed E-state index contributed by atoms with van der Waals surface area (Å²) in [5.41, 5.74) is 9.50. The van der Waals surface area contributed by atoms with Crippen LogP contribution in [0, 0.1) is 6.92 Å². The summed E-state index contributed by atoms with van der Waals surface area (Å²) in [7, 11) is 2.00. The van der Waals surface area contributed by atoms with Gasteiger partial charge in [0.15, 0.2) is 5.84 Å². The molecule has 0 aliphatic rings. The Kier molecular flexibility index (Phi) is 4.20. The first kappa shape index (κ1) is 13.9. The number of pyridine rings is 1. The van der Waals surface area contributed by atoms with E-state index in [1.807, 2.05) is 25.2 Å². The van der Waals surface area contributed by atoms with E-state index in [-0.39, 0.29) is 5.84 Å². The van der Waals surface area contributed by atoms with Gasteiger partial charge < -0.3 is 15.8 Å². The molecule has 2 rings (SSSR count). The molecule has 0 atom stereocenters. The number of oxime groups is 1. The monoisotopic (exact) mass is 270 g/mol. The third-order valence-corrected chi connectivity index (χ3v) is 3.22. The summed E-state index contributed by atoms with van der Waals surface area (Å²) < 4.78 is 0. The minimum absolute atomic E-state index is 0.0103. The third-order valence-electron chi connectivity index (χ3n) is 3.22. The molecule has 0 aliphatic carbocycles. The molecule has 0 unspecified atom stereocenters. The highest BCUT2D eigenvalue weighted by atomic mass is 16.4. The topological polar surface area (TPSA) is 74.7 Å². The number of rotatable bonds is 4. The fourth-order valence-corrected chi connectivity index (χ4v) is 1.98. The lowest BCUT2D eigenvalue weighted by atomic mass is 10.1. The average molecular weight is 270 g/mol. The number of nitrogens with two attached hydrogens (primary N) is 1. The quantitative estimate of drug-likeness (QED) is 0.386. The van der Waals surface area contributed by atoms with Gasteiger partial charge in [-0.3, -0.25) is 4.98 Å². The van der Waals surface area contributed by atoms with E-state index in [2.05, 4.69) is 34.1 Å². The first-order valence-electron chi connectivity index (χ1n) is 6.31. The maximum Gasteiger partial charge on any atom is 0.188 e. The highest BCUT2D eigenvalue weighted by Gasteiger charge is 2.07. The molecule has 5 heteroatoms. The summed E-state index contributed by atoms with van der Waals surface area (Å²) in [6, 6.07) is 12.0. The van der Waals surface area contributed by atoms with Crippen LogP contribution in [0.1, 0.15) is 16.8 Å². The molecule has 5 nitrogen and oxygen atoms in total. The van der Waals surface area contributed by atoms with E-state index >= 15 is 0 Å². The van der Waals surface area contributed by atoms with Gasteiger partial charge in [0.25, 0.3) is 0 Å². The van der Waals surface area contributed by atoms with Crippen molar-refractivity contribution >= 4 is 11.5 Å². The highest BCUT2D eigenvalue weighted by Crippen LogP contribution is 2.17. The Balaban J connectivity index is 2.21. The zero-order valence-corrected chi connectivity index (χ0v) is 11.6. The number of nitrogens with zero attached hydrogens (tertiary/aromatic N) is 3. The number of amidine groups is 1. The van der Waals surface area contributed by atoms with Crippen molar-refractivity contribution in [3.63, 3.8) is 0 Å². The Hall–Kier alpha value is -2.56. The normalized spacial score (nSPS) is 11.4. The van der Waals surface area contributed by atoms with Gasteiger partial charge >= 0.3 is 0 Å². The Morgan fingerprint density at radius 2 is 2.10 bits per heavy atom. The van der Waals surface area contributed by atoms with Crippen molar-refractivity contribution in [2.24, 2.45) is 10.9 Å². The predicted molar refractivity (Wildman–Crippen MR) is 80.0 cm³/mol. The molecule has 0 radical (unpaired) electrons. The smallest absolute Gasteiger partial charge is 0.188 e. The molecule has 20 heavy (non-hydrogen) atoms. The van der Waals surface area contributed by atoms with Gasteiger partial charge in [-0.25, -0.2) is 0 Å². The van der Waals surface area contributed by atoms with Crippen molar-refractivity contribution < 1.29 is 5.21 Å². The number of aromatic nitrogens is 1. The van der Waals surface area contributed by atoms with Gasteiger partial charge in [-0.2, -0.15) is 0 Å². The molecule has 1 aromatic heterocycles. The third kappa shape index (κ3) is 3.06. The Bertz CT molecular complexity index is 625. The zero-order chi connectivity index (χ0) is 14.5. The largest absolute Gasteiger partial charge is 0.409 e. The van der Waals surface area contributed by atoms with Crippen LogP contribution in [0.3, 0.4) is 0 Å². The molecule has 1 aromatic carbocycles. The second kappa shape index (κ2) is 6.06. The van der Waals surface area contributed by atoms with E-state index in [9.17, 15) is 0 Å². The summed E-state index contributed by atoms with van der Waals surface area (Å²) in [6.07, 6.45) is 1.65. The van der Waals surface area contributed by atoms with Crippen molar-refractivity contribution in [3.8, 4) is 0 Å². The molecule has 3 N–H and O–H groups in total. The fourth-order valence-electron chi connectivity index (χ4n) is 1.98. The van der Waals surface area contributed by atoms with Gasteiger partial charge in [-0.15, -0.1) is 0 Å². The Morgan fingerprint density at radius 3 is 2.80 bits per heavy atom.